The van der Waals surface area contributed by atoms with Crippen molar-refractivity contribution >= 4 is 17.7 Å². The van der Waals surface area contributed by atoms with Gasteiger partial charge in [0.2, 0.25) is 5.88 Å². The first kappa shape index (κ1) is 13.0. The molecule has 0 atom stereocenters. The standard InChI is InChI=1S/C12H18N4OS/c1-17-11-10(3-2-4-14-11)9-15-12(13)16-5-7-18-8-6-16/h2-4H,5-9H2,1H3,(H2,13,15). The number of nitrogens with zero attached hydrogens (tertiary/aromatic N) is 3. The summed E-state index contributed by atoms with van der Waals surface area (Å²) in [6.45, 7) is 2.46. The van der Waals surface area contributed by atoms with Crippen molar-refractivity contribution in [2.24, 2.45) is 10.7 Å². The summed E-state index contributed by atoms with van der Waals surface area (Å²) in [6, 6.07) is 3.83. The Bertz CT molecular complexity index is 418. The molecular formula is C12H18N4OS. The van der Waals surface area contributed by atoms with Crippen LogP contribution in [0.5, 0.6) is 5.88 Å². The molecule has 5 nitrogen and oxygen atoms in total. The lowest BCUT2D eigenvalue weighted by Crippen LogP contribution is -2.42. The molecule has 0 aromatic carbocycles. The van der Waals surface area contributed by atoms with Crippen LogP contribution < -0.4 is 10.5 Å². The van der Waals surface area contributed by atoms with Gasteiger partial charge in [-0.1, -0.05) is 6.07 Å². The fourth-order valence-electron chi connectivity index (χ4n) is 1.79. The predicted octanol–water partition coefficient (Wildman–Crippen LogP) is 0.954. The Kier molecular flexibility index (Phi) is 4.69. The fraction of sp³-hybridized carbons (Fsp3) is 0.500. The van der Waals surface area contributed by atoms with Crippen molar-refractivity contribution in [3.8, 4) is 5.88 Å². The first-order valence-corrected chi connectivity index (χ1v) is 7.07. The number of guanidine groups is 1. The Morgan fingerprint density at radius 1 is 1.56 bits per heavy atom. The van der Waals surface area contributed by atoms with Crippen LogP contribution in [-0.4, -0.2) is 47.5 Å². The summed E-state index contributed by atoms with van der Waals surface area (Å²) in [4.78, 5) is 10.7. The van der Waals surface area contributed by atoms with E-state index < -0.39 is 0 Å². The second kappa shape index (κ2) is 6.49. The minimum absolute atomic E-state index is 0.506. The number of ether oxygens (including phenoxy) is 1. The van der Waals surface area contributed by atoms with E-state index >= 15 is 0 Å². The quantitative estimate of drug-likeness (QED) is 0.652. The number of rotatable bonds is 3. The zero-order valence-electron chi connectivity index (χ0n) is 10.5. The van der Waals surface area contributed by atoms with Crippen LogP contribution in [0.25, 0.3) is 0 Å². The molecule has 0 spiro atoms. The van der Waals surface area contributed by atoms with Crippen molar-refractivity contribution in [1.29, 1.82) is 0 Å². The van der Waals surface area contributed by atoms with Crippen LogP contribution in [0, 0.1) is 0 Å². The Labute approximate surface area is 111 Å². The van der Waals surface area contributed by atoms with Gasteiger partial charge in [0, 0.05) is 36.4 Å². The summed E-state index contributed by atoms with van der Waals surface area (Å²) < 4.78 is 5.18. The molecule has 2 rings (SSSR count). The third kappa shape index (κ3) is 3.29. The highest BCUT2D eigenvalue weighted by Crippen LogP contribution is 2.15. The van der Waals surface area contributed by atoms with E-state index in [0.29, 0.717) is 18.4 Å². The van der Waals surface area contributed by atoms with Crippen molar-refractivity contribution < 1.29 is 4.74 Å². The number of aliphatic imine (C=N–C) groups is 1. The van der Waals surface area contributed by atoms with Gasteiger partial charge in [-0.25, -0.2) is 9.98 Å². The molecule has 1 aliphatic rings. The van der Waals surface area contributed by atoms with Gasteiger partial charge in [-0.05, 0) is 6.07 Å². The number of pyridine rings is 1. The summed E-state index contributed by atoms with van der Waals surface area (Å²) >= 11 is 1.95. The van der Waals surface area contributed by atoms with Crippen LogP contribution in [0.1, 0.15) is 5.56 Å². The highest BCUT2D eigenvalue weighted by Gasteiger charge is 2.12. The summed E-state index contributed by atoms with van der Waals surface area (Å²) in [5.74, 6) is 3.46. The van der Waals surface area contributed by atoms with Gasteiger partial charge in [0.1, 0.15) is 0 Å². The number of nitrogens with two attached hydrogens (primary N) is 1. The maximum absolute atomic E-state index is 5.99. The minimum atomic E-state index is 0.506. The van der Waals surface area contributed by atoms with Crippen molar-refractivity contribution in [1.82, 2.24) is 9.88 Å². The molecule has 98 valence electrons. The molecule has 6 heteroatoms. The predicted molar refractivity (Wildman–Crippen MR) is 75.0 cm³/mol. The molecule has 0 aliphatic carbocycles. The number of methoxy groups -OCH3 is 1. The number of hydrogen-bond donors (Lipinski definition) is 1. The van der Waals surface area contributed by atoms with Gasteiger partial charge < -0.3 is 15.4 Å². The molecule has 1 fully saturated rings. The van der Waals surface area contributed by atoms with Gasteiger partial charge in [0.05, 0.1) is 13.7 Å². The van der Waals surface area contributed by atoms with E-state index in [2.05, 4.69) is 14.9 Å². The Balaban J connectivity index is 2.00. The third-order valence-corrected chi connectivity index (χ3v) is 3.73. The van der Waals surface area contributed by atoms with Crippen LogP contribution in [0.2, 0.25) is 0 Å². The minimum Gasteiger partial charge on any atom is -0.481 e. The molecule has 1 saturated heterocycles. The fourth-order valence-corrected chi connectivity index (χ4v) is 2.69. The Morgan fingerprint density at radius 2 is 2.33 bits per heavy atom. The molecule has 1 aliphatic heterocycles. The van der Waals surface area contributed by atoms with Crippen LogP contribution in [-0.2, 0) is 6.54 Å². The smallest absolute Gasteiger partial charge is 0.218 e. The molecule has 0 saturated carbocycles. The summed E-state index contributed by atoms with van der Waals surface area (Å²) in [5, 5.41) is 0. The molecule has 0 amide bonds. The van der Waals surface area contributed by atoms with E-state index in [1.165, 1.54) is 0 Å². The Hall–Kier alpha value is -1.43. The molecule has 0 radical (unpaired) electrons. The van der Waals surface area contributed by atoms with E-state index in [1.807, 2.05) is 23.9 Å². The second-order valence-corrected chi connectivity index (χ2v) is 5.17. The van der Waals surface area contributed by atoms with Crippen LogP contribution >= 0.6 is 11.8 Å². The molecular weight excluding hydrogens is 248 g/mol. The average molecular weight is 266 g/mol. The van der Waals surface area contributed by atoms with Gasteiger partial charge in [0.25, 0.3) is 0 Å². The van der Waals surface area contributed by atoms with Crippen LogP contribution in [0.15, 0.2) is 23.3 Å². The van der Waals surface area contributed by atoms with E-state index in [-0.39, 0.29) is 0 Å². The molecule has 1 aromatic heterocycles. The first-order chi connectivity index (χ1) is 8.81. The van der Waals surface area contributed by atoms with Gasteiger partial charge in [0.15, 0.2) is 5.96 Å². The number of hydrogen-bond acceptors (Lipinski definition) is 4. The second-order valence-electron chi connectivity index (χ2n) is 3.95. The van der Waals surface area contributed by atoms with Gasteiger partial charge in [-0.15, -0.1) is 0 Å². The van der Waals surface area contributed by atoms with Gasteiger partial charge in [-0.3, -0.25) is 0 Å². The Morgan fingerprint density at radius 3 is 3.06 bits per heavy atom. The first-order valence-electron chi connectivity index (χ1n) is 5.91. The molecule has 1 aromatic rings. The van der Waals surface area contributed by atoms with E-state index in [0.717, 1.165) is 30.2 Å². The lowest BCUT2D eigenvalue weighted by molar-refractivity contribution is 0.392. The van der Waals surface area contributed by atoms with Crippen molar-refractivity contribution in [3.63, 3.8) is 0 Å². The zero-order chi connectivity index (χ0) is 12.8. The SMILES string of the molecule is COc1ncccc1CN=C(N)N1CCSCC1. The maximum atomic E-state index is 5.99. The largest absolute Gasteiger partial charge is 0.481 e. The molecule has 0 unspecified atom stereocenters. The van der Waals surface area contributed by atoms with E-state index in [1.54, 1.807) is 13.3 Å². The topological polar surface area (TPSA) is 63.7 Å². The van der Waals surface area contributed by atoms with Crippen molar-refractivity contribution in [3.05, 3.63) is 23.9 Å². The van der Waals surface area contributed by atoms with Crippen LogP contribution in [0.4, 0.5) is 0 Å². The number of aromatic nitrogens is 1. The summed E-state index contributed by atoms with van der Waals surface area (Å²) in [5.41, 5.74) is 6.95. The van der Waals surface area contributed by atoms with E-state index in [4.69, 9.17) is 10.5 Å². The molecule has 18 heavy (non-hydrogen) atoms. The highest BCUT2D eigenvalue weighted by atomic mass is 32.2. The highest BCUT2D eigenvalue weighted by molar-refractivity contribution is 7.99. The van der Waals surface area contributed by atoms with Gasteiger partial charge >= 0.3 is 0 Å². The van der Waals surface area contributed by atoms with Gasteiger partial charge in [-0.2, -0.15) is 11.8 Å². The van der Waals surface area contributed by atoms with Crippen molar-refractivity contribution in [2.45, 2.75) is 6.54 Å². The summed E-state index contributed by atoms with van der Waals surface area (Å²) in [6.07, 6.45) is 1.71. The number of thioether (sulfide) groups is 1. The van der Waals surface area contributed by atoms with Crippen LogP contribution in [0.3, 0.4) is 0 Å². The van der Waals surface area contributed by atoms with Crippen molar-refractivity contribution in [2.75, 3.05) is 31.7 Å². The van der Waals surface area contributed by atoms with E-state index in [9.17, 15) is 0 Å². The zero-order valence-corrected chi connectivity index (χ0v) is 11.3. The normalized spacial score (nSPS) is 16.7. The average Bonchev–Trinajstić information content (AvgIpc) is 2.46. The lowest BCUT2D eigenvalue weighted by Gasteiger charge is -2.27. The molecule has 2 N–H and O–H groups in total. The maximum Gasteiger partial charge on any atom is 0.218 e. The monoisotopic (exact) mass is 266 g/mol. The molecule has 0 bridgehead atoms. The lowest BCUT2D eigenvalue weighted by atomic mass is 10.3. The summed E-state index contributed by atoms with van der Waals surface area (Å²) in [7, 11) is 1.61. The molecule has 2 heterocycles. The third-order valence-electron chi connectivity index (χ3n) is 2.79.